The Morgan fingerprint density at radius 3 is 2.72 bits per heavy atom. The third-order valence-corrected chi connectivity index (χ3v) is 2.20. The van der Waals surface area contributed by atoms with Gasteiger partial charge in [-0.25, -0.2) is 9.18 Å². The van der Waals surface area contributed by atoms with Crippen LogP contribution in [0.5, 0.6) is 5.75 Å². The van der Waals surface area contributed by atoms with E-state index >= 15 is 0 Å². The van der Waals surface area contributed by atoms with E-state index in [4.69, 9.17) is 9.84 Å². The topological polar surface area (TPSA) is 72.8 Å². The molecule has 1 aromatic rings. The van der Waals surface area contributed by atoms with Gasteiger partial charge < -0.3 is 14.6 Å². The summed E-state index contributed by atoms with van der Waals surface area (Å²) in [7, 11) is 1.27. The molecule has 0 amide bonds. The van der Waals surface area contributed by atoms with E-state index in [1.165, 1.54) is 19.2 Å². The molecule has 0 saturated heterocycles. The molecule has 0 bridgehead atoms. The summed E-state index contributed by atoms with van der Waals surface area (Å²) in [5.41, 5.74) is -0.243. The first-order valence-electron chi connectivity index (χ1n) is 5.27. The molecule has 0 heterocycles. The fourth-order valence-electron chi connectivity index (χ4n) is 1.32. The summed E-state index contributed by atoms with van der Waals surface area (Å²) in [6, 6.07) is 3.66. The van der Waals surface area contributed by atoms with E-state index in [0.717, 1.165) is 6.07 Å². The lowest BCUT2D eigenvalue weighted by molar-refractivity contribution is -0.140. The molecule has 1 aromatic carbocycles. The van der Waals surface area contributed by atoms with Gasteiger partial charge in [0.2, 0.25) is 0 Å². The number of hydrogen-bond donors (Lipinski definition) is 1. The molecule has 5 nitrogen and oxygen atoms in total. The quantitative estimate of drug-likeness (QED) is 0.621. The summed E-state index contributed by atoms with van der Waals surface area (Å²) in [5, 5.41) is 8.85. The molecule has 6 heteroatoms. The first kappa shape index (κ1) is 14.0. The molecule has 1 N–H and O–H groups in total. The van der Waals surface area contributed by atoms with Crippen LogP contribution in [0.1, 0.15) is 23.2 Å². The first-order chi connectivity index (χ1) is 8.56. The number of carboxylic acids is 1. The van der Waals surface area contributed by atoms with E-state index < -0.39 is 17.8 Å². The Bertz CT molecular complexity index is 444. The van der Waals surface area contributed by atoms with Crippen LogP contribution in [0.15, 0.2) is 18.2 Å². The van der Waals surface area contributed by atoms with Crippen molar-refractivity contribution in [1.29, 1.82) is 0 Å². The van der Waals surface area contributed by atoms with E-state index in [2.05, 4.69) is 4.74 Å². The van der Waals surface area contributed by atoms with Gasteiger partial charge in [-0.1, -0.05) is 6.07 Å². The van der Waals surface area contributed by atoms with Gasteiger partial charge >= 0.3 is 11.9 Å². The average molecular weight is 256 g/mol. The third kappa shape index (κ3) is 3.73. The Morgan fingerprint density at radius 2 is 2.11 bits per heavy atom. The minimum atomic E-state index is -1.27. The zero-order chi connectivity index (χ0) is 13.5. The van der Waals surface area contributed by atoms with E-state index in [0.29, 0.717) is 6.42 Å². The molecule has 0 aliphatic rings. The number of carbonyl (C=O) groups excluding carboxylic acids is 1. The molecular formula is C12H13FO5. The van der Waals surface area contributed by atoms with Crippen molar-refractivity contribution >= 4 is 11.9 Å². The Morgan fingerprint density at radius 1 is 1.39 bits per heavy atom. The Kier molecular flexibility index (Phi) is 5.10. The van der Waals surface area contributed by atoms with Gasteiger partial charge in [0.25, 0.3) is 0 Å². The minimum Gasteiger partial charge on any atom is -0.490 e. The summed E-state index contributed by atoms with van der Waals surface area (Å²) in [4.78, 5) is 21.7. The second kappa shape index (κ2) is 6.58. The lowest BCUT2D eigenvalue weighted by Gasteiger charge is -2.09. The summed E-state index contributed by atoms with van der Waals surface area (Å²) < 4.78 is 22.9. The largest absolute Gasteiger partial charge is 0.490 e. The van der Waals surface area contributed by atoms with Crippen molar-refractivity contribution < 1.29 is 28.6 Å². The van der Waals surface area contributed by atoms with Gasteiger partial charge in [0.15, 0.2) is 11.6 Å². The van der Waals surface area contributed by atoms with Crippen molar-refractivity contribution in [2.75, 3.05) is 13.7 Å². The van der Waals surface area contributed by atoms with Crippen molar-refractivity contribution in [3.8, 4) is 5.75 Å². The molecule has 0 fully saturated rings. The van der Waals surface area contributed by atoms with E-state index in [-0.39, 0.29) is 24.3 Å². The maximum atomic E-state index is 13.4. The highest BCUT2D eigenvalue weighted by Crippen LogP contribution is 2.22. The standard InChI is InChI=1S/C12H13FO5/c1-17-10(14)6-3-7-18-11-8(12(15)16)4-2-5-9(11)13/h2,4-5H,3,6-7H2,1H3,(H,15,16). The van der Waals surface area contributed by atoms with Crippen molar-refractivity contribution in [3.63, 3.8) is 0 Å². The maximum Gasteiger partial charge on any atom is 0.339 e. The van der Waals surface area contributed by atoms with Crippen LogP contribution in [0.4, 0.5) is 4.39 Å². The van der Waals surface area contributed by atoms with Gasteiger partial charge in [-0.2, -0.15) is 0 Å². The number of rotatable bonds is 6. The summed E-state index contributed by atoms with van der Waals surface area (Å²) in [6.07, 6.45) is 0.452. The third-order valence-electron chi connectivity index (χ3n) is 2.20. The van der Waals surface area contributed by atoms with Crippen LogP contribution in [0.25, 0.3) is 0 Å². The molecule has 0 aliphatic heterocycles. The number of halogens is 1. The van der Waals surface area contributed by atoms with Gasteiger partial charge in [-0.3, -0.25) is 4.79 Å². The van der Waals surface area contributed by atoms with Crippen LogP contribution >= 0.6 is 0 Å². The zero-order valence-electron chi connectivity index (χ0n) is 9.81. The Hall–Kier alpha value is -2.11. The maximum absolute atomic E-state index is 13.4. The molecule has 0 saturated carbocycles. The highest BCUT2D eigenvalue weighted by atomic mass is 19.1. The summed E-state index contributed by atoms with van der Waals surface area (Å²) in [5.74, 6) is -2.72. The van der Waals surface area contributed by atoms with Crippen LogP contribution in [0.2, 0.25) is 0 Å². The molecule has 0 radical (unpaired) electrons. The molecule has 0 atom stereocenters. The van der Waals surface area contributed by atoms with Crippen molar-refractivity contribution in [1.82, 2.24) is 0 Å². The van der Waals surface area contributed by atoms with Gasteiger partial charge in [-0.05, 0) is 18.6 Å². The van der Waals surface area contributed by atoms with Crippen LogP contribution in [-0.4, -0.2) is 30.8 Å². The fraction of sp³-hybridized carbons (Fsp3) is 0.333. The van der Waals surface area contributed by atoms with Crippen molar-refractivity contribution in [2.45, 2.75) is 12.8 Å². The summed E-state index contributed by atoms with van der Waals surface area (Å²) >= 11 is 0. The highest BCUT2D eigenvalue weighted by Gasteiger charge is 2.15. The fourth-order valence-corrected chi connectivity index (χ4v) is 1.32. The number of ether oxygens (including phenoxy) is 2. The minimum absolute atomic E-state index is 0.0380. The predicted octanol–water partition coefficient (Wildman–Crippen LogP) is 1.86. The second-order valence-corrected chi connectivity index (χ2v) is 3.45. The van der Waals surface area contributed by atoms with Crippen LogP contribution in [0, 0.1) is 5.82 Å². The van der Waals surface area contributed by atoms with Gasteiger partial charge in [0, 0.05) is 6.42 Å². The predicted molar refractivity (Wildman–Crippen MR) is 60.1 cm³/mol. The van der Waals surface area contributed by atoms with Crippen molar-refractivity contribution in [2.24, 2.45) is 0 Å². The van der Waals surface area contributed by atoms with Crippen LogP contribution in [0.3, 0.4) is 0 Å². The van der Waals surface area contributed by atoms with Gasteiger partial charge in [0.05, 0.1) is 13.7 Å². The van der Waals surface area contributed by atoms with Gasteiger partial charge in [-0.15, -0.1) is 0 Å². The number of aromatic carboxylic acids is 1. The smallest absolute Gasteiger partial charge is 0.339 e. The summed E-state index contributed by atoms with van der Waals surface area (Å²) in [6.45, 7) is 0.0380. The number of carboxylic acid groups (broad SMARTS) is 1. The van der Waals surface area contributed by atoms with Crippen LogP contribution in [-0.2, 0) is 9.53 Å². The lowest BCUT2D eigenvalue weighted by atomic mass is 10.2. The van der Waals surface area contributed by atoms with E-state index in [1.54, 1.807) is 0 Å². The monoisotopic (exact) mass is 256 g/mol. The molecule has 1 rings (SSSR count). The molecule has 98 valence electrons. The van der Waals surface area contributed by atoms with Crippen molar-refractivity contribution in [3.05, 3.63) is 29.6 Å². The molecule has 18 heavy (non-hydrogen) atoms. The molecular weight excluding hydrogens is 243 g/mol. The average Bonchev–Trinajstić information content (AvgIpc) is 2.35. The number of methoxy groups -OCH3 is 1. The number of para-hydroxylation sites is 1. The molecule has 0 aromatic heterocycles. The number of benzene rings is 1. The van der Waals surface area contributed by atoms with E-state index in [9.17, 15) is 14.0 Å². The number of carbonyl (C=O) groups is 2. The van der Waals surface area contributed by atoms with Crippen LogP contribution < -0.4 is 4.74 Å². The highest BCUT2D eigenvalue weighted by molar-refractivity contribution is 5.90. The lowest BCUT2D eigenvalue weighted by Crippen LogP contribution is -2.08. The van der Waals surface area contributed by atoms with E-state index in [1.807, 2.05) is 0 Å². The normalized spacial score (nSPS) is 9.89. The first-order valence-corrected chi connectivity index (χ1v) is 5.27. The zero-order valence-corrected chi connectivity index (χ0v) is 9.81. The van der Waals surface area contributed by atoms with Gasteiger partial charge in [0.1, 0.15) is 5.56 Å². The number of esters is 1. The number of hydrogen-bond acceptors (Lipinski definition) is 4. The Balaban J connectivity index is 2.61. The molecule has 0 aliphatic carbocycles. The molecule has 0 unspecified atom stereocenters. The Labute approximate surface area is 103 Å². The molecule has 0 spiro atoms. The second-order valence-electron chi connectivity index (χ2n) is 3.45. The SMILES string of the molecule is COC(=O)CCCOc1c(F)cccc1C(=O)O.